The fraction of sp³-hybridized carbons (Fsp3) is 0.200. The van der Waals surface area contributed by atoms with Crippen LogP contribution in [0, 0.1) is 6.92 Å². The summed E-state index contributed by atoms with van der Waals surface area (Å²) in [6.07, 6.45) is 0. The summed E-state index contributed by atoms with van der Waals surface area (Å²) in [5, 5.41) is 9.09. The van der Waals surface area contributed by atoms with Gasteiger partial charge in [-0.3, -0.25) is 0 Å². The van der Waals surface area contributed by atoms with Gasteiger partial charge >= 0.3 is 0 Å². The summed E-state index contributed by atoms with van der Waals surface area (Å²) in [4.78, 5) is 0. The minimum Gasteiger partial charge on any atom is -0.457 e. The number of rotatable bonds is 4. The van der Waals surface area contributed by atoms with E-state index in [-0.39, 0.29) is 6.61 Å². The van der Waals surface area contributed by atoms with E-state index >= 15 is 0 Å². The summed E-state index contributed by atoms with van der Waals surface area (Å²) in [5.41, 5.74) is 8.55. The molecule has 2 aromatic rings. The number of hydrogen-bond donors (Lipinski definition) is 2. The van der Waals surface area contributed by atoms with Crippen LogP contribution in [0.1, 0.15) is 16.7 Å². The molecule has 0 amide bonds. The van der Waals surface area contributed by atoms with Gasteiger partial charge in [-0.05, 0) is 41.8 Å². The molecule has 0 saturated heterocycles. The number of nitrogens with two attached hydrogens (primary N) is 1. The van der Waals surface area contributed by atoms with E-state index in [0.717, 1.165) is 28.2 Å². The van der Waals surface area contributed by atoms with Gasteiger partial charge in [0.1, 0.15) is 11.5 Å². The molecule has 3 N–H and O–H groups in total. The van der Waals surface area contributed by atoms with Crippen LogP contribution in [0.5, 0.6) is 11.5 Å². The maximum atomic E-state index is 9.09. The first-order valence-corrected chi connectivity index (χ1v) is 5.90. The van der Waals surface area contributed by atoms with Crippen molar-refractivity contribution in [2.75, 3.05) is 0 Å². The maximum Gasteiger partial charge on any atom is 0.130 e. The Morgan fingerprint density at radius 3 is 2.67 bits per heavy atom. The Bertz CT molecular complexity index is 538. The maximum absolute atomic E-state index is 9.09. The van der Waals surface area contributed by atoms with E-state index in [4.69, 9.17) is 15.6 Å². The van der Waals surface area contributed by atoms with Crippen molar-refractivity contribution in [3.05, 3.63) is 59.2 Å². The van der Waals surface area contributed by atoms with Gasteiger partial charge in [-0.1, -0.05) is 24.3 Å². The molecule has 0 spiro atoms. The fourth-order valence-corrected chi connectivity index (χ4v) is 1.72. The molecule has 0 unspecified atom stereocenters. The summed E-state index contributed by atoms with van der Waals surface area (Å²) in [5.74, 6) is 1.52. The molecule has 0 saturated carbocycles. The molecule has 0 atom stereocenters. The minimum absolute atomic E-state index is 0.0129. The average molecular weight is 243 g/mol. The van der Waals surface area contributed by atoms with Crippen LogP contribution < -0.4 is 10.5 Å². The lowest BCUT2D eigenvalue weighted by Gasteiger charge is -2.10. The number of aliphatic hydroxyl groups excluding tert-OH is 1. The van der Waals surface area contributed by atoms with Crippen LogP contribution in [0.3, 0.4) is 0 Å². The summed E-state index contributed by atoms with van der Waals surface area (Å²) < 4.78 is 5.83. The number of ether oxygens (including phenoxy) is 1. The van der Waals surface area contributed by atoms with Gasteiger partial charge in [0.25, 0.3) is 0 Å². The van der Waals surface area contributed by atoms with E-state index in [9.17, 15) is 0 Å². The molecule has 18 heavy (non-hydrogen) atoms. The zero-order chi connectivity index (χ0) is 13.0. The molecule has 3 nitrogen and oxygen atoms in total. The predicted octanol–water partition coefficient (Wildman–Crippen LogP) is 2.74. The topological polar surface area (TPSA) is 55.5 Å². The Hall–Kier alpha value is -1.84. The lowest BCUT2D eigenvalue weighted by Crippen LogP contribution is -1.97. The minimum atomic E-state index is 0.0129. The van der Waals surface area contributed by atoms with Gasteiger partial charge < -0.3 is 15.6 Å². The van der Waals surface area contributed by atoms with Crippen molar-refractivity contribution in [2.24, 2.45) is 5.73 Å². The molecule has 94 valence electrons. The Balaban J connectivity index is 2.27. The summed E-state index contributed by atoms with van der Waals surface area (Å²) in [6.45, 7) is 2.50. The Morgan fingerprint density at radius 2 is 1.94 bits per heavy atom. The molecular weight excluding hydrogens is 226 g/mol. The zero-order valence-electron chi connectivity index (χ0n) is 10.4. The van der Waals surface area contributed by atoms with Gasteiger partial charge in [0.05, 0.1) is 6.61 Å². The van der Waals surface area contributed by atoms with Crippen molar-refractivity contribution < 1.29 is 9.84 Å². The highest BCUT2D eigenvalue weighted by molar-refractivity contribution is 5.40. The number of aliphatic hydroxyl groups is 1. The first-order chi connectivity index (χ1) is 8.72. The monoisotopic (exact) mass is 243 g/mol. The highest BCUT2D eigenvalue weighted by atomic mass is 16.5. The SMILES string of the molecule is Cc1ccc(CN)cc1Oc1cccc(CO)c1. The first-order valence-electron chi connectivity index (χ1n) is 5.90. The smallest absolute Gasteiger partial charge is 0.130 e. The van der Waals surface area contributed by atoms with Gasteiger partial charge in [-0.25, -0.2) is 0 Å². The molecule has 0 aromatic heterocycles. The summed E-state index contributed by atoms with van der Waals surface area (Å²) >= 11 is 0. The van der Waals surface area contributed by atoms with E-state index in [1.54, 1.807) is 0 Å². The lowest BCUT2D eigenvalue weighted by atomic mass is 10.1. The lowest BCUT2D eigenvalue weighted by molar-refractivity contribution is 0.281. The van der Waals surface area contributed by atoms with Crippen molar-refractivity contribution in [2.45, 2.75) is 20.1 Å². The van der Waals surface area contributed by atoms with Gasteiger partial charge in [0.2, 0.25) is 0 Å². The van der Waals surface area contributed by atoms with E-state index < -0.39 is 0 Å². The predicted molar refractivity (Wildman–Crippen MR) is 71.5 cm³/mol. The Kier molecular flexibility index (Phi) is 3.97. The quantitative estimate of drug-likeness (QED) is 0.868. The Labute approximate surface area is 107 Å². The van der Waals surface area contributed by atoms with Crippen LogP contribution >= 0.6 is 0 Å². The second-order valence-electron chi connectivity index (χ2n) is 4.21. The molecule has 0 radical (unpaired) electrons. The van der Waals surface area contributed by atoms with Crippen molar-refractivity contribution >= 4 is 0 Å². The third-order valence-electron chi connectivity index (χ3n) is 2.80. The van der Waals surface area contributed by atoms with Crippen molar-refractivity contribution in [3.63, 3.8) is 0 Å². The van der Waals surface area contributed by atoms with Crippen molar-refractivity contribution in [3.8, 4) is 11.5 Å². The molecule has 0 aliphatic rings. The van der Waals surface area contributed by atoms with Gasteiger partial charge in [0, 0.05) is 6.54 Å². The number of hydrogen-bond acceptors (Lipinski definition) is 3. The molecule has 3 heteroatoms. The molecule has 2 rings (SSSR count). The second kappa shape index (κ2) is 5.67. The summed E-state index contributed by atoms with van der Waals surface area (Å²) in [7, 11) is 0. The highest BCUT2D eigenvalue weighted by Crippen LogP contribution is 2.26. The molecule has 0 fully saturated rings. The molecule has 0 aliphatic heterocycles. The van der Waals surface area contributed by atoms with Crippen LogP contribution in [-0.4, -0.2) is 5.11 Å². The van der Waals surface area contributed by atoms with Crippen LogP contribution in [0.2, 0.25) is 0 Å². The molecular formula is C15H17NO2. The van der Waals surface area contributed by atoms with E-state index in [0.29, 0.717) is 6.54 Å². The largest absolute Gasteiger partial charge is 0.457 e. The van der Waals surface area contributed by atoms with E-state index in [2.05, 4.69) is 0 Å². The third kappa shape index (κ3) is 2.88. The van der Waals surface area contributed by atoms with E-state index in [1.807, 2.05) is 49.4 Å². The highest BCUT2D eigenvalue weighted by Gasteiger charge is 2.03. The molecule has 2 aromatic carbocycles. The van der Waals surface area contributed by atoms with Crippen molar-refractivity contribution in [1.82, 2.24) is 0 Å². The molecule has 0 aliphatic carbocycles. The summed E-state index contributed by atoms with van der Waals surface area (Å²) in [6, 6.07) is 13.3. The normalized spacial score (nSPS) is 10.4. The van der Waals surface area contributed by atoms with E-state index in [1.165, 1.54) is 0 Å². The van der Waals surface area contributed by atoms with Gasteiger partial charge in [-0.2, -0.15) is 0 Å². The fourth-order valence-electron chi connectivity index (χ4n) is 1.72. The van der Waals surface area contributed by atoms with Gasteiger partial charge in [0.15, 0.2) is 0 Å². The third-order valence-corrected chi connectivity index (χ3v) is 2.80. The molecule has 0 bridgehead atoms. The Morgan fingerprint density at radius 1 is 1.11 bits per heavy atom. The number of benzene rings is 2. The average Bonchev–Trinajstić information content (AvgIpc) is 2.41. The van der Waals surface area contributed by atoms with Crippen LogP contribution in [0.15, 0.2) is 42.5 Å². The van der Waals surface area contributed by atoms with Gasteiger partial charge in [-0.15, -0.1) is 0 Å². The van der Waals surface area contributed by atoms with Crippen LogP contribution in [0.25, 0.3) is 0 Å². The second-order valence-corrected chi connectivity index (χ2v) is 4.21. The van der Waals surface area contributed by atoms with Crippen LogP contribution in [-0.2, 0) is 13.2 Å². The molecule has 0 heterocycles. The van der Waals surface area contributed by atoms with Crippen molar-refractivity contribution in [1.29, 1.82) is 0 Å². The number of aryl methyl sites for hydroxylation is 1. The van der Waals surface area contributed by atoms with Crippen LogP contribution in [0.4, 0.5) is 0 Å². The zero-order valence-corrected chi connectivity index (χ0v) is 10.4. The first kappa shape index (κ1) is 12.6. The standard InChI is InChI=1S/C15H17NO2/c1-11-5-6-12(9-16)8-15(11)18-14-4-2-3-13(7-14)10-17/h2-8,17H,9-10,16H2,1H3.